The number of hydrogen-bond acceptors (Lipinski definition) is 7. The Hall–Kier alpha value is -2.58. The van der Waals surface area contributed by atoms with Crippen molar-refractivity contribution in [1.82, 2.24) is 20.4 Å². The molecule has 1 aromatic carbocycles. The summed E-state index contributed by atoms with van der Waals surface area (Å²) in [7, 11) is 0. The van der Waals surface area contributed by atoms with Crippen molar-refractivity contribution in [3.8, 4) is 11.5 Å². The first-order valence-electron chi connectivity index (χ1n) is 12.0. The van der Waals surface area contributed by atoms with E-state index < -0.39 is 0 Å². The summed E-state index contributed by atoms with van der Waals surface area (Å²) in [6.07, 6.45) is 3.79. The Bertz CT molecular complexity index is 1160. The van der Waals surface area contributed by atoms with Gasteiger partial charge in [0.25, 0.3) is 5.89 Å². The maximum Gasteiger partial charge on any atom is 0.261 e. The minimum atomic E-state index is -0.285. The van der Waals surface area contributed by atoms with Gasteiger partial charge in [-0.25, -0.2) is 9.37 Å². The zero-order valence-corrected chi connectivity index (χ0v) is 19.8. The standard InChI is InChI=1S/C25H32FN5O2/c1-5-17-11-20-15(3)22(25-27-16(4)30-33-25)24(29-23(20)21(26)12-17)31-8-6-18(10-14(31)2)28-19-7-9-32-13-19/h11-12,14,18-19,28H,5-10,13H2,1-4H3/t14-,18-,19+/m1/s1. The van der Waals surface area contributed by atoms with Crippen molar-refractivity contribution in [2.24, 2.45) is 0 Å². The Morgan fingerprint density at radius 2 is 2.03 bits per heavy atom. The molecule has 3 atom stereocenters. The van der Waals surface area contributed by atoms with Gasteiger partial charge < -0.3 is 19.5 Å². The predicted octanol–water partition coefficient (Wildman–Crippen LogP) is 4.34. The average Bonchev–Trinajstić information content (AvgIpc) is 3.46. The minimum absolute atomic E-state index is 0.226. The molecule has 1 N–H and O–H groups in total. The topological polar surface area (TPSA) is 76.3 Å². The Morgan fingerprint density at radius 1 is 1.18 bits per heavy atom. The van der Waals surface area contributed by atoms with Gasteiger partial charge in [0.15, 0.2) is 5.82 Å². The summed E-state index contributed by atoms with van der Waals surface area (Å²) in [5, 5.41) is 8.57. The number of fused-ring (bicyclic) bond motifs is 1. The van der Waals surface area contributed by atoms with Crippen LogP contribution in [0.1, 0.15) is 50.1 Å². The van der Waals surface area contributed by atoms with Crippen LogP contribution >= 0.6 is 0 Å². The van der Waals surface area contributed by atoms with Gasteiger partial charge in [-0.3, -0.25) is 0 Å². The molecule has 7 nitrogen and oxygen atoms in total. The number of nitrogens with one attached hydrogen (secondary N) is 1. The molecule has 2 aliphatic heterocycles. The van der Waals surface area contributed by atoms with E-state index in [9.17, 15) is 0 Å². The van der Waals surface area contributed by atoms with E-state index in [0.29, 0.717) is 29.3 Å². The Morgan fingerprint density at radius 3 is 2.70 bits per heavy atom. The molecule has 176 valence electrons. The average molecular weight is 454 g/mol. The number of pyridine rings is 1. The largest absolute Gasteiger partial charge is 0.380 e. The number of ether oxygens (including phenoxy) is 1. The van der Waals surface area contributed by atoms with E-state index in [0.717, 1.165) is 73.3 Å². The lowest BCUT2D eigenvalue weighted by Crippen LogP contribution is -2.50. The number of piperidine rings is 1. The van der Waals surface area contributed by atoms with Crippen LogP contribution in [0.4, 0.5) is 10.2 Å². The fraction of sp³-hybridized carbons (Fsp3) is 0.560. The molecule has 2 saturated heterocycles. The number of halogens is 1. The third kappa shape index (κ3) is 4.22. The van der Waals surface area contributed by atoms with Crippen LogP contribution < -0.4 is 10.2 Å². The van der Waals surface area contributed by atoms with Crippen molar-refractivity contribution in [3.63, 3.8) is 0 Å². The van der Waals surface area contributed by atoms with Crippen LogP contribution in [0.3, 0.4) is 0 Å². The molecule has 2 fully saturated rings. The number of hydrogen-bond donors (Lipinski definition) is 1. The minimum Gasteiger partial charge on any atom is -0.380 e. The van der Waals surface area contributed by atoms with E-state index in [4.69, 9.17) is 14.2 Å². The molecule has 0 radical (unpaired) electrons. The maximum atomic E-state index is 15.1. The number of benzene rings is 1. The quantitative estimate of drug-likeness (QED) is 0.616. The van der Waals surface area contributed by atoms with Crippen molar-refractivity contribution in [2.75, 3.05) is 24.7 Å². The highest BCUT2D eigenvalue weighted by Crippen LogP contribution is 2.39. The molecule has 2 aliphatic rings. The van der Waals surface area contributed by atoms with Gasteiger partial charge in [-0.1, -0.05) is 12.1 Å². The summed E-state index contributed by atoms with van der Waals surface area (Å²) >= 11 is 0. The normalized spacial score (nSPS) is 23.5. The van der Waals surface area contributed by atoms with Crippen LogP contribution in [-0.2, 0) is 11.2 Å². The van der Waals surface area contributed by atoms with Gasteiger partial charge in [0.1, 0.15) is 17.2 Å². The van der Waals surface area contributed by atoms with E-state index in [1.807, 2.05) is 19.9 Å². The van der Waals surface area contributed by atoms with Crippen molar-refractivity contribution in [2.45, 2.75) is 71.5 Å². The van der Waals surface area contributed by atoms with Crippen LogP contribution in [0.5, 0.6) is 0 Å². The summed E-state index contributed by atoms with van der Waals surface area (Å²) in [6.45, 7) is 10.5. The highest BCUT2D eigenvalue weighted by Gasteiger charge is 2.32. The lowest BCUT2D eigenvalue weighted by atomic mass is 9.95. The molecule has 4 heterocycles. The summed E-state index contributed by atoms with van der Waals surface area (Å²) in [5.41, 5.74) is 3.07. The molecule has 0 aliphatic carbocycles. The molecule has 8 heteroatoms. The summed E-state index contributed by atoms with van der Waals surface area (Å²) in [5.74, 6) is 1.44. The Kier molecular flexibility index (Phi) is 6.05. The van der Waals surface area contributed by atoms with Crippen molar-refractivity contribution >= 4 is 16.7 Å². The van der Waals surface area contributed by atoms with Crippen LogP contribution in [0, 0.1) is 19.7 Å². The molecule has 0 bridgehead atoms. The summed E-state index contributed by atoms with van der Waals surface area (Å²) in [6, 6.07) is 4.72. The second-order valence-corrected chi connectivity index (χ2v) is 9.40. The van der Waals surface area contributed by atoms with Gasteiger partial charge in [0.05, 0.1) is 12.2 Å². The zero-order chi connectivity index (χ0) is 23.1. The van der Waals surface area contributed by atoms with E-state index in [-0.39, 0.29) is 11.9 Å². The predicted molar refractivity (Wildman–Crippen MR) is 126 cm³/mol. The van der Waals surface area contributed by atoms with Gasteiger partial charge in [0, 0.05) is 36.7 Å². The monoisotopic (exact) mass is 453 g/mol. The fourth-order valence-electron chi connectivity index (χ4n) is 5.22. The van der Waals surface area contributed by atoms with Crippen molar-refractivity contribution in [3.05, 3.63) is 34.9 Å². The maximum absolute atomic E-state index is 15.1. The number of nitrogens with zero attached hydrogens (tertiary/aromatic N) is 4. The molecule has 0 spiro atoms. The summed E-state index contributed by atoms with van der Waals surface area (Å²) in [4.78, 5) is 11.7. The highest BCUT2D eigenvalue weighted by molar-refractivity contribution is 5.93. The number of anilines is 1. The summed E-state index contributed by atoms with van der Waals surface area (Å²) < 4.78 is 26.2. The van der Waals surface area contributed by atoms with Crippen LogP contribution in [0.2, 0.25) is 0 Å². The molecule has 0 amide bonds. The number of rotatable bonds is 5. The van der Waals surface area contributed by atoms with Gasteiger partial charge in [-0.05, 0) is 69.7 Å². The fourth-order valence-corrected chi connectivity index (χ4v) is 5.22. The van der Waals surface area contributed by atoms with E-state index >= 15 is 4.39 Å². The van der Waals surface area contributed by atoms with E-state index in [1.54, 1.807) is 13.0 Å². The molecule has 0 saturated carbocycles. The smallest absolute Gasteiger partial charge is 0.261 e. The molecule has 3 aromatic rings. The lowest BCUT2D eigenvalue weighted by Gasteiger charge is -2.40. The van der Waals surface area contributed by atoms with Gasteiger partial charge >= 0.3 is 0 Å². The van der Waals surface area contributed by atoms with Gasteiger partial charge in [-0.2, -0.15) is 4.98 Å². The van der Waals surface area contributed by atoms with Crippen LogP contribution in [-0.4, -0.2) is 53.0 Å². The molecular weight excluding hydrogens is 421 g/mol. The second kappa shape index (κ2) is 8.99. The van der Waals surface area contributed by atoms with Crippen molar-refractivity contribution < 1.29 is 13.7 Å². The van der Waals surface area contributed by atoms with E-state index in [2.05, 4.69) is 27.3 Å². The van der Waals surface area contributed by atoms with Crippen molar-refractivity contribution in [1.29, 1.82) is 0 Å². The van der Waals surface area contributed by atoms with E-state index in [1.165, 1.54) is 0 Å². The second-order valence-electron chi connectivity index (χ2n) is 9.40. The third-order valence-corrected chi connectivity index (χ3v) is 7.04. The first kappa shape index (κ1) is 22.2. The third-order valence-electron chi connectivity index (χ3n) is 7.04. The van der Waals surface area contributed by atoms with Crippen LogP contribution in [0.25, 0.3) is 22.4 Å². The lowest BCUT2D eigenvalue weighted by molar-refractivity contribution is 0.185. The molecule has 5 rings (SSSR count). The Labute approximate surface area is 193 Å². The molecule has 2 aromatic heterocycles. The van der Waals surface area contributed by atoms with Gasteiger partial charge in [0.2, 0.25) is 0 Å². The number of aromatic nitrogens is 3. The SMILES string of the molecule is CCc1cc(F)c2nc(N3CC[C@@H](N[C@H]4CCOC4)C[C@H]3C)c(-c3nc(C)no3)c(C)c2c1. The van der Waals surface area contributed by atoms with Crippen LogP contribution in [0.15, 0.2) is 16.7 Å². The van der Waals surface area contributed by atoms with Gasteiger partial charge in [-0.15, -0.1) is 0 Å². The highest BCUT2D eigenvalue weighted by atomic mass is 19.1. The Balaban J connectivity index is 1.56. The number of aryl methyl sites for hydroxylation is 3. The first-order valence-corrected chi connectivity index (χ1v) is 12.0. The molecule has 33 heavy (non-hydrogen) atoms. The first-order chi connectivity index (χ1) is 15.9. The molecular formula is C25H32FN5O2. The zero-order valence-electron chi connectivity index (χ0n) is 19.8. The molecule has 0 unspecified atom stereocenters.